The first-order valence-corrected chi connectivity index (χ1v) is 7.18. The summed E-state index contributed by atoms with van der Waals surface area (Å²) in [6.07, 6.45) is 3.52. The third-order valence-electron chi connectivity index (χ3n) is 4.55. The molecule has 1 aliphatic carbocycles. The molecule has 2 N–H and O–H groups in total. The van der Waals surface area contributed by atoms with Crippen molar-refractivity contribution in [1.29, 1.82) is 0 Å². The maximum Gasteiger partial charge on any atom is 0.119 e. The van der Waals surface area contributed by atoms with Crippen LogP contribution in [0.1, 0.15) is 23.1 Å². The standard InChI is InChI=1S/C18H17NO2/c1-21-15-4-2-12-6-8-18(20,16(12)11-15)14-3-5-17-13(10-14)7-9-19-17/h2-5,7,9-11,19-20H,6,8H2,1H3. The lowest BCUT2D eigenvalue weighted by Gasteiger charge is -2.25. The summed E-state index contributed by atoms with van der Waals surface area (Å²) in [4.78, 5) is 3.19. The molecule has 1 atom stereocenters. The number of hydrogen-bond acceptors (Lipinski definition) is 2. The molecule has 0 saturated carbocycles. The van der Waals surface area contributed by atoms with E-state index in [2.05, 4.69) is 17.1 Å². The number of methoxy groups -OCH3 is 1. The maximum absolute atomic E-state index is 11.3. The third-order valence-corrected chi connectivity index (χ3v) is 4.55. The second-order valence-corrected chi connectivity index (χ2v) is 5.66. The van der Waals surface area contributed by atoms with Crippen molar-refractivity contribution in [2.45, 2.75) is 18.4 Å². The molecule has 0 radical (unpaired) electrons. The molecule has 0 bridgehead atoms. The van der Waals surface area contributed by atoms with Crippen molar-refractivity contribution in [3.63, 3.8) is 0 Å². The van der Waals surface area contributed by atoms with Crippen LogP contribution in [0.15, 0.2) is 48.7 Å². The Morgan fingerprint density at radius 1 is 1.14 bits per heavy atom. The highest BCUT2D eigenvalue weighted by Gasteiger charge is 2.38. The number of ether oxygens (including phenoxy) is 1. The van der Waals surface area contributed by atoms with Crippen LogP contribution < -0.4 is 4.74 Å². The predicted molar refractivity (Wildman–Crippen MR) is 82.6 cm³/mol. The molecule has 3 heteroatoms. The minimum absolute atomic E-state index is 0.714. The lowest BCUT2D eigenvalue weighted by Crippen LogP contribution is -2.23. The minimum Gasteiger partial charge on any atom is -0.497 e. The van der Waals surface area contributed by atoms with Gasteiger partial charge in [0.2, 0.25) is 0 Å². The summed E-state index contributed by atoms with van der Waals surface area (Å²) in [5, 5.41) is 12.4. The summed E-state index contributed by atoms with van der Waals surface area (Å²) in [6.45, 7) is 0. The van der Waals surface area contributed by atoms with Crippen molar-refractivity contribution >= 4 is 10.9 Å². The smallest absolute Gasteiger partial charge is 0.119 e. The normalized spacial score (nSPS) is 20.7. The van der Waals surface area contributed by atoms with Crippen LogP contribution in [0.3, 0.4) is 0 Å². The van der Waals surface area contributed by atoms with Gasteiger partial charge in [-0.1, -0.05) is 12.1 Å². The Morgan fingerprint density at radius 3 is 2.90 bits per heavy atom. The first kappa shape index (κ1) is 12.5. The van der Waals surface area contributed by atoms with Crippen LogP contribution >= 0.6 is 0 Å². The van der Waals surface area contributed by atoms with Gasteiger partial charge in [0, 0.05) is 11.7 Å². The number of aryl methyl sites for hydroxylation is 1. The van der Waals surface area contributed by atoms with Gasteiger partial charge in [-0.05, 0) is 65.3 Å². The number of nitrogens with one attached hydrogen (secondary N) is 1. The molecule has 4 rings (SSSR count). The molecular weight excluding hydrogens is 262 g/mol. The van der Waals surface area contributed by atoms with Gasteiger partial charge in [-0.15, -0.1) is 0 Å². The number of H-pyrrole nitrogens is 1. The highest BCUT2D eigenvalue weighted by Crippen LogP contribution is 2.43. The average molecular weight is 279 g/mol. The summed E-state index contributed by atoms with van der Waals surface area (Å²) in [5.74, 6) is 0.789. The number of aliphatic hydroxyl groups is 1. The largest absolute Gasteiger partial charge is 0.497 e. The highest BCUT2D eigenvalue weighted by atomic mass is 16.5. The van der Waals surface area contributed by atoms with Crippen molar-refractivity contribution in [3.8, 4) is 5.75 Å². The van der Waals surface area contributed by atoms with E-state index in [1.807, 2.05) is 36.5 Å². The molecule has 1 unspecified atom stereocenters. The zero-order chi connectivity index (χ0) is 14.4. The van der Waals surface area contributed by atoms with Gasteiger partial charge in [-0.3, -0.25) is 0 Å². The topological polar surface area (TPSA) is 45.2 Å². The molecule has 0 aliphatic heterocycles. The van der Waals surface area contributed by atoms with E-state index in [0.717, 1.165) is 34.2 Å². The van der Waals surface area contributed by atoms with Crippen LogP contribution in [0.25, 0.3) is 10.9 Å². The van der Waals surface area contributed by atoms with Crippen molar-refractivity contribution in [1.82, 2.24) is 4.98 Å². The van der Waals surface area contributed by atoms with Crippen LogP contribution in [-0.2, 0) is 12.0 Å². The summed E-state index contributed by atoms with van der Waals surface area (Å²) < 4.78 is 5.31. The molecule has 0 fully saturated rings. The summed E-state index contributed by atoms with van der Waals surface area (Å²) in [7, 11) is 1.65. The van der Waals surface area contributed by atoms with E-state index in [4.69, 9.17) is 4.74 Å². The average Bonchev–Trinajstić information content (AvgIpc) is 3.12. The van der Waals surface area contributed by atoms with Gasteiger partial charge in [-0.25, -0.2) is 0 Å². The Hall–Kier alpha value is -2.26. The zero-order valence-electron chi connectivity index (χ0n) is 11.9. The SMILES string of the molecule is COc1ccc2c(c1)C(O)(c1ccc3[nH]ccc3c1)CC2. The van der Waals surface area contributed by atoms with Gasteiger partial charge in [0.05, 0.1) is 7.11 Å². The molecule has 1 aromatic heterocycles. The number of hydrogen-bond donors (Lipinski definition) is 2. The molecule has 3 aromatic rings. The summed E-state index contributed by atoms with van der Waals surface area (Å²) in [5.41, 5.74) is 3.28. The van der Waals surface area contributed by atoms with E-state index in [1.165, 1.54) is 5.56 Å². The first-order chi connectivity index (χ1) is 10.2. The fraction of sp³-hybridized carbons (Fsp3) is 0.222. The summed E-state index contributed by atoms with van der Waals surface area (Å²) >= 11 is 0. The highest BCUT2D eigenvalue weighted by molar-refractivity contribution is 5.80. The molecule has 3 nitrogen and oxygen atoms in total. The quantitative estimate of drug-likeness (QED) is 0.755. The van der Waals surface area contributed by atoms with Gasteiger partial charge < -0.3 is 14.8 Å². The molecular formula is C18H17NO2. The van der Waals surface area contributed by atoms with Crippen LogP contribution in [0, 0.1) is 0 Å². The van der Waals surface area contributed by atoms with E-state index in [1.54, 1.807) is 7.11 Å². The van der Waals surface area contributed by atoms with E-state index >= 15 is 0 Å². The fourth-order valence-corrected chi connectivity index (χ4v) is 3.35. The van der Waals surface area contributed by atoms with Gasteiger partial charge in [-0.2, -0.15) is 0 Å². The Morgan fingerprint density at radius 2 is 2.05 bits per heavy atom. The number of benzene rings is 2. The lowest BCUT2D eigenvalue weighted by atomic mass is 9.87. The molecule has 2 aromatic carbocycles. The second-order valence-electron chi connectivity index (χ2n) is 5.66. The van der Waals surface area contributed by atoms with Gasteiger partial charge in [0.1, 0.15) is 11.4 Å². The van der Waals surface area contributed by atoms with Crippen LogP contribution in [-0.4, -0.2) is 17.2 Å². The van der Waals surface area contributed by atoms with E-state index in [0.29, 0.717) is 6.42 Å². The zero-order valence-corrected chi connectivity index (χ0v) is 11.9. The number of fused-ring (bicyclic) bond motifs is 2. The Kier molecular flexibility index (Phi) is 2.59. The van der Waals surface area contributed by atoms with Gasteiger partial charge in [0.25, 0.3) is 0 Å². The predicted octanol–water partition coefficient (Wildman–Crippen LogP) is 3.36. The van der Waals surface area contributed by atoms with Crippen LogP contribution in [0.2, 0.25) is 0 Å². The Bertz CT molecular complexity index is 821. The molecule has 0 amide bonds. The van der Waals surface area contributed by atoms with Crippen molar-refractivity contribution in [2.24, 2.45) is 0 Å². The Balaban J connectivity index is 1.88. The lowest BCUT2D eigenvalue weighted by molar-refractivity contribution is 0.0829. The molecule has 0 spiro atoms. The van der Waals surface area contributed by atoms with Crippen LogP contribution in [0.4, 0.5) is 0 Å². The Labute approximate surface area is 123 Å². The maximum atomic E-state index is 11.3. The second kappa shape index (κ2) is 4.37. The molecule has 106 valence electrons. The van der Waals surface area contributed by atoms with Crippen molar-refractivity contribution in [3.05, 3.63) is 65.4 Å². The number of aromatic nitrogens is 1. The van der Waals surface area contributed by atoms with Gasteiger partial charge in [0.15, 0.2) is 0 Å². The van der Waals surface area contributed by atoms with E-state index < -0.39 is 5.60 Å². The molecule has 1 aliphatic rings. The molecule has 21 heavy (non-hydrogen) atoms. The summed E-state index contributed by atoms with van der Waals surface area (Å²) in [6, 6.07) is 14.1. The monoisotopic (exact) mass is 279 g/mol. The minimum atomic E-state index is -0.921. The van der Waals surface area contributed by atoms with E-state index in [9.17, 15) is 5.11 Å². The number of rotatable bonds is 2. The van der Waals surface area contributed by atoms with Crippen LogP contribution in [0.5, 0.6) is 5.75 Å². The third kappa shape index (κ3) is 1.78. The van der Waals surface area contributed by atoms with E-state index in [-0.39, 0.29) is 0 Å². The van der Waals surface area contributed by atoms with Crippen molar-refractivity contribution < 1.29 is 9.84 Å². The fourth-order valence-electron chi connectivity index (χ4n) is 3.35. The van der Waals surface area contributed by atoms with Crippen molar-refractivity contribution in [2.75, 3.05) is 7.11 Å². The first-order valence-electron chi connectivity index (χ1n) is 7.18. The molecule has 1 heterocycles. The number of aromatic amines is 1. The van der Waals surface area contributed by atoms with Gasteiger partial charge >= 0.3 is 0 Å². The molecule has 0 saturated heterocycles.